The summed E-state index contributed by atoms with van der Waals surface area (Å²) in [4.78, 5) is 12.8. The lowest BCUT2D eigenvalue weighted by Gasteiger charge is -2.19. The van der Waals surface area contributed by atoms with Crippen molar-refractivity contribution in [3.8, 4) is 5.69 Å². The van der Waals surface area contributed by atoms with E-state index in [1.54, 1.807) is 22.9 Å². The van der Waals surface area contributed by atoms with Crippen LogP contribution in [-0.2, 0) is 10.0 Å². The zero-order valence-corrected chi connectivity index (χ0v) is 15.6. The summed E-state index contributed by atoms with van der Waals surface area (Å²) in [6.07, 6.45) is 1.56. The van der Waals surface area contributed by atoms with Crippen LogP contribution in [0.25, 0.3) is 11.8 Å². The first kappa shape index (κ1) is 17.2. The number of Topliss-reactive ketones (excluding diaryl/α,β-unsaturated/α-hetero) is 1. The van der Waals surface area contributed by atoms with E-state index >= 15 is 0 Å². The maximum atomic E-state index is 12.8. The van der Waals surface area contributed by atoms with Crippen molar-refractivity contribution in [3.05, 3.63) is 82.8 Å². The number of aryl methyl sites for hydroxylation is 1. The van der Waals surface area contributed by atoms with Gasteiger partial charge in [-0.05, 0) is 44.2 Å². The molecule has 4 rings (SSSR count). The number of hydrogen-bond donors (Lipinski definition) is 1. The Morgan fingerprint density at radius 3 is 2.41 bits per heavy atom. The van der Waals surface area contributed by atoms with Crippen molar-refractivity contribution in [2.24, 2.45) is 0 Å². The van der Waals surface area contributed by atoms with Gasteiger partial charge in [0.15, 0.2) is 0 Å². The minimum absolute atomic E-state index is 0.000532. The van der Waals surface area contributed by atoms with Gasteiger partial charge in [-0.1, -0.05) is 30.3 Å². The van der Waals surface area contributed by atoms with Crippen molar-refractivity contribution in [1.29, 1.82) is 0 Å². The molecule has 1 aliphatic heterocycles. The molecule has 1 aromatic heterocycles. The fourth-order valence-electron chi connectivity index (χ4n) is 3.20. The van der Waals surface area contributed by atoms with E-state index in [4.69, 9.17) is 0 Å². The summed E-state index contributed by atoms with van der Waals surface area (Å²) in [6.45, 7) is 3.71. The molecule has 0 fully saturated rings. The van der Waals surface area contributed by atoms with Crippen molar-refractivity contribution in [3.63, 3.8) is 0 Å². The van der Waals surface area contributed by atoms with E-state index in [0.29, 0.717) is 11.3 Å². The third kappa shape index (κ3) is 2.86. The first-order valence-electron chi connectivity index (χ1n) is 8.38. The molecular weight excluding hydrogens is 362 g/mol. The third-order valence-electron chi connectivity index (χ3n) is 4.55. The average Bonchev–Trinajstić information content (AvgIpc) is 2.95. The number of sulfonamides is 1. The molecule has 0 aliphatic carbocycles. The Morgan fingerprint density at radius 1 is 1.00 bits per heavy atom. The maximum Gasteiger partial charge on any atom is 0.262 e. The van der Waals surface area contributed by atoms with Crippen molar-refractivity contribution < 1.29 is 13.2 Å². The number of nitrogens with zero attached hydrogens (tertiary/aromatic N) is 2. The van der Waals surface area contributed by atoms with Gasteiger partial charge in [-0.2, -0.15) is 5.10 Å². The van der Waals surface area contributed by atoms with E-state index in [1.165, 1.54) is 12.1 Å². The molecular formula is C20H17N3O3S. The van der Waals surface area contributed by atoms with Crippen LogP contribution in [0.4, 0.5) is 0 Å². The van der Waals surface area contributed by atoms with Gasteiger partial charge in [0.05, 0.1) is 22.0 Å². The number of aromatic nitrogens is 2. The topological polar surface area (TPSA) is 81.1 Å². The highest BCUT2D eigenvalue weighted by Crippen LogP contribution is 2.27. The lowest BCUT2D eigenvalue weighted by atomic mass is 10.1. The van der Waals surface area contributed by atoms with Crippen LogP contribution < -0.4 is 4.72 Å². The van der Waals surface area contributed by atoms with Crippen molar-refractivity contribution in [2.45, 2.75) is 18.7 Å². The number of allylic oxidation sites excluding steroid dienone is 1. The highest BCUT2D eigenvalue weighted by Gasteiger charge is 2.32. The molecule has 0 amide bonds. The molecule has 0 unspecified atom stereocenters. The van der Waals surface area contributed by atoms with Crippen LogP contribution in [0.1, 0.15) is 27.3 Å². The van der Waals surface area contributed by atoms with Crippen LogP contribution in [0.5, 0.6) is 0 Å². The molecule has 2 aromatic carbocycles. The van der Waals surface area contributed by atoms with Gasteiger partial charge < -0.3 is 0 Å². The molecule has 0 saturated carbocycles. The fourth-order valence-corrected chi connectivity index (χ4v) is 4.46. The van der Waals surface area contributed by atoms with Gasteiger partial charge in [0.2, 0.25) is 5.78 Å². The lowest BCUT2D eigenvalue weighted by molar-refractivity contribution is 0.102. The van der Waals surface area contributed by atoms with Crippen LogP contribution in [0, 0.1) is 13.8 Å². The third-order valence-corrected chi connectivity index (χ3v) is 5.97. The second-order valence-electron chi connectivity index (χ2n) is 6.32. The molecule has 0 radical (unpaired) electrons. The SMILES string of the molecule is Cc1nn(-c2ccccc2)c(C)c1C=C1NS(=O)(=O)c2ccccc2C1=O. The minimum Gasteiger partial charge on any atom is -0.287 e. The fraction of sp³-hybridized carbons (Fsp3) is 0.100. The Bertz CT molecular complexity index is 1190. The molecule has 7 heteroatoms. The van der Waals surface area contributed by atoms with E-state index < -0.39 is 10.0 Å². The Kier molecular flexibility index (Phi) is 3.96. The second kappa shape index (κ2) is 6.21. The van der Waals surface area contributed by atoms with Crippen molar-refractivity contribution in [1.82, 2.24) is 14.5 Å². The molecule has 2 heterocycles. The van der Waals surface area contributed by atoms with Crippen LogP contribution >= 0.6 is 0 Å². The van der Waals surface area contributed by atoms with Gasteiger partial charge >= 0.3 is 0 Å². The predicted octanol–water partition coefficient (Wildman–Crippen LogP) is 3.00. The molecule has 6 nitrogen and oxygen atoms in total. The van der Waals surface area contributed by atoms with Crippen LogP contribution in [0.2, 0.25) is 0 Å². The van der Waals surface area contributed by atoms with Crippen LogP contribution in [0.15, 0.2) is 65.2 Å². The molecule has 0 saturated heterocycles. The summed E-state index contributed by atoms with van der Waals surface area (Å²) in [6, 6.07) is 15.8. The van der Waals surface area contributed by atoms with E-state index in [9.17, 15) is 13.2 Å². The normalized spacial score (nSPS) is 16.8. The Hall–Kier alpha value is -3.19. The first-order valence-corrected chi connectivity index (χ1v) is 9.87. The molecule has 1 N–H and O–H groups in total. The number of rotatable bonds is 2. The number of fused-ring (bicyclic) bond motifs is 1. The quantitative estimate of drug-likeness (QED) is 0.694. The van der Waals surface area contributed by atoms with Gasteiger partial charge in [0, 0.05) is 16.8 Å². The van der Waals surface area contributed by atoms with E-state index in [-0.39, 0.29) is 21.9 Å². The van der Waals surface area contributed by atoms with Gasteiger partial charge in [-0.15, -0.1) is 0 Å². The average molecular weight is 379 g/mol. The van der Waals surface area contributed by atoms with Crippen LogP contribution in [0.3, 0.4) is 0 Å². The maximum absolute atomic E-state index is 12.8. The summed E-state index contributed by atoms with van der Waals surface area (Å²) >= 11 is 0. The monoisotopic (exact) mass is 379 g/mol. The summed E-state index contributed by atoms with van der Waals surface area (Å²) in [5.74, 6) is -0.355. The summed E-state index contributed by atoms with van der Waals surface area (Å²) in [5.41, 5.74) is 3.32. The van der Waals surface area contributed by atoms with Gasteiger partial charge in [-0.3, -0.25) is 9.52 Å². The zero-order chi connectivity index (χ0) is 19.2. The molecule has 0 bridgehead atoms. The van der Waals surface area contributed by atoms with Crippen molar-refractivity contribution in [2.75, 3.05) is 0 Å². The summed E-state index contributed by atoms with van der Waals surface area (Å²) in [7, 11) is -3.78. The number of carbonyl (C=O) groups excluding carboxylic acids is 1. The number of para-hydroxylation sites is 1. The minimum atomic E-state index is -3.78. The van der Waals surface area contributed by atoms with Gasteiger partial charge in [0.25, 0.3) is 10.0 Å². The number of ketones is 1. The summed E-state index contributed by atoms with van der Waals surface area (Å²) < 4.78 is 29.2. The van der Waals surface area contributed by atoms with E-state index in [0.717, 1.165) is 11.4 Å². The largest absolute Gasteiger partial charge is 0.287 e. The van der Waals surface area contributed by atoms with E-state index in [2.05, 4.69) is 9.82 Å². The van der Waals surface area contributed by atoms with Gasteiger partial charge in [-0.25, -0.2) is 13.1 Å². The highest BCUT2D eigenvalue weighted by atomic mass is 32.2. The van der Waals surface area contributed by atoms with Crippen LogP contribution in [-0.4, -0.2) is 24.0 Å². The highest BCUT2D eigenvalue weighted by molar-refractivity contribution is 7.90. The Labute approximate surface area is 157 Å². The molecule has 0 atom stereocenters. The molecule has 1 aliphatic rings. The number of nitrogens with one attached hydrogen (secondary N) is 1. The van der Waals surface area contributed by atoms with Crippen molar-refractivity contribution >= 4 is 21.9 Å². The Balaban J connectivity index is 1.84. The summed E-state index contributed by atoms with van der Waals surface area (Å²) in [5, 5.41) is 4.54. The zero-order valence-electron chi connectivity index (χ0n) is 14.8. The van der Waals surface area contributed by atoms with Gasteiger partial charge in [0.1, 0.15) is 0 Å². The Morgan fingerprint density at radius 2 is 1.67 bits per heavy atom. The number of hydrogen-bond acceptors (Lipinski definition) is 4. The lowest BCUT2D eigenvalue weighted by Crippen LogP contribution is -2.34. The standard InChI is InChI=1S/C20H17N3O3S/c1-13-17(14(2)23(21-13)15-8-4-3-5-9-15)12-18-20(24)16-10-6-7-11-19(16)27(25,26)22-18/h3-12,22H,1-2H3. The smallest absolute Gasteiger partial charge is 0.262 e. The molecule has 27 heavy (non-hydrogen) atoms. The number of benzene rings is 2. The first-order chi connectivity index (χ1) is 12.9. The molecule has 0 spiro atoms. The van der Waals surface area contributed by atoms with E-state index in [1.807, 2.05) is 44.2 Å². The number of carbonyl (C=O) groups is 1. The molecule has 3 aromatic rings. The molecule has 136 valence electrons. The predicted molar refractivity (Wildman–Crippen MR) is 102 cm³/mol. The second-order valence-corrected chi connectivity index (χ2v) is 7.97.